The van der Waals surface area contributed by atoms with Crippen LogP contribution < -0.4 is 4.74 Å². The van der Waals surface area contributed by atoms with E-state index in [9.17, 15) is 4.21 Å². The Balaban J connectivity index is 1.34. The molecule has 0 spiro atoms. The highest BCUT2D eigenvalue weighted by atomic mass is 32.2. The molecule has 1 N–H and O–H groups in total. The molecule has 1 atom stereocenters. The van der Waals surface area contributed by atoms with Gasteiger partial charge < -0.3 is 14.5 Å². The van der Waals surface area contributed by atoms with Gasteiger partial charge in [0.1, 0.15) is 11.4 Å². The number of nitrogens with one attached hydrogen (secondary N) is 1. The topological polar surface area (TPSA) is 67.4 Å². The van der Waals surface area contributed by atoms with E-state index in [1.807, 2.05) is 18.3 Å². The van der Waals surface area contributed by atoms with Crippen LogP contribution in [0.25, 0.3) is 33.1 Å². The van der Waals surface area contributed by atoms with Crippen LogP contribution in [0.3, 0.4) is 0 Å². The maximum Gasteiger partial charge on any atom is 0.143 e. The van der Waals surface area contributed by atoms with Crippen LogP contribution in [0.4, 0.5) is 0 Å². The number of hydrogen-bond donors (Lipinski definition) is 1. The van der Waals surface area contributed by atoms with Crippen LogP contribution in [-0.2, 0) is 15.5 Å². The molecule has 1 aliphatic heterocycles. The monoisotopic (exact) mass is 489 g/mol. The van der Waals surface area contributed by atoms with E-state index in [1.54, 1.807) is 0 Å². The van der Waals surface area contributed by atoms with Gasteiger partial charge >= 0.3 is 0 Å². The number of hydrogen-bond acceptors (Lipinski definition) is 5. The van der Waals surface area contributed by atoms with Crippen LogP contribution in [0, 0.1) is 6.92 Å². The molecular formula is C28H31N3O3S. The fourth-order valence-electron chi connectivity index (χ4n) is 4.88. The highest BCUT2D eigenvalue weighted by Gasteiger charge is 2.29. The molecule has 2 aromatic carbocycles. The van der Waals surface area contributed by atoms with Crippen LogP contribution in [-0.4, -0.2) is 63.8 Å². The molecule has 1 unspecified atom stereocenters. The first kappa shape index (κ1) is 22.7. The molecule has 4 aromatic rings. The average molecular weight is 490 g/mol. The predicted molar refractivity (Wildman–Crippen MR) is 141 cm³/mol. The van der Waals surface area contributed by atoms with Crippen molar-refractivity contribution in [2.45, 2.75) is 36.3 Å². The van der Waals surface area contributed by atoms with Crippen LogP contribution >= 0.6 is 0 Å². The summed E-state index contributed by atoms with van der Waals surface area (Å²) in [6, 6.07) is 14.6. The van der Waals surface area contributed by atoms with Gasteiger partial charge in [0.05, 0.1) is 36.1 Å². The first-order chi connectivity index (χ1) is 17.2. The number of aromatic amines is 1. The molecule has 1 saturated carbocycles. The van der Waals surface area contributed by atoms with Crippen LogP contribution in [0.1, 0.15) is 24.8 Å². The number of morpholine rings is 1. The molecule has 1 aliphatic carbocycles. The smallest absolute Gasteiger partial charge is 0.143 e. The Morgan fingerprint density at radius 3 is 2.86 bits per heavy atom. The van der Waals surface area contributed by atoms with Gasteiger partial charge in [0.15, 0.2) is 0 Å². The number of H-pyrrole nitrogens is 1. The third-order valence-corrected chi connectivity index (χ3v) is 8.68. The largest absolute Gasteiger partial charge is 0.491 e. The van der Waals surface area contributed by atoms with Crippen molar-refractivity contribution in [1.29, 1.82) is 0 Å². The van der Waals surface area contributed by atoms with E-state index in [0.717, 1.165) is 101 Å². The maximum absolute atomic E-state index is 12.8. The molecule has 6 nitrogen and oxygen atoms in total. The van der Waals surface area contributed by atoms with Gasteiger partial charge in [0.2, 0.25) is 0 Å². The van der Waals surface area contributed by atoms with Crippen molar-refractivity contribution in [2.75, 3.05) is 39.5 Å². The molecule has 182 valence electrons. The summed E-state index contributed by atoms with van der Waals surface area (Å²) < 4.78 is 24.6. The Kier molecular flexibility index (Phi) is 6.31. The lowest BCUT2D eigenvalue weighted by atomic mass is 9.99. The van der Waals surface area contributed by atoms with Crippen molar-refractivity contribution in [3.8, 4) is 16.9 Å². The Morgan fingerprint density at radius 2 is 2.03 bits per heavy atom. The van der Waals surface area contributed by atoms with E-state index in [1.165, 1.54) is 0 Å². The fraction of sp³-hybridized carbons (Fsp3) is 0.393. The molecule has 3 heterocycles. The third kappa shape index (κ3) is 4.73. The highest BCUT2D eigenvalue weighted by Crippen LogP contribution is 2.40. The maximum atomic E-state index is 12.8. The number of aryl methyl sites for hydroxylation is 1. The summed E-state index contributed by atoms with van der Waals surface area (Å²) >= 11 is 0. The zero-order valence-electron chi connectivity index (χ0n) is 20.1. The van der Waals surface area contributed by atoms with Crippen molar-refractivity contribution < 1.29 is 13.7 Å². The summed E-state index contributed by atoms with van der Waals surface area (Å²) in [5.41, 5.74) is 5.12. The van der Waals surface area contributed by atoms with E-state index < -0.39 is 10.8 Å². The molecule has 2 aromatic heterocycles. The van der Waals surface area contributed by atoms with Crippen LogP contribution in [0.15, 0.2) is 53.6 Å². The van der Waals surface area contributed by atoms with Gasteiger partial charge in [-0.25, -0.2) is 4.98 Å². The number of rotatable bonds is 8. The molecule has 6 rings (SSSR count). The third-order valence-electron chi connectivity index (χ3n) is 6.89. The second-order valence-electron chi connectivity index (χ2n) is 9.58. The van der Waals surface area contributed by atoms with E-state index in [2.05, 4.69) is 52.1 Å². The van der Waals surface area contributed by atoms with Crippen molar-refractivity contribution in [1.82, 2.24) is 14.9 Å². The van der Waals surface area contributed by atoms with Gasteiger partial charge in [-0.2, -0.15) is 0 Å². The lowest BCUT2D eigenvalue weighted by Gasteiger charge is -2.26. The Bertz CT molecular complexity index is 1390. The summed E-state index contributed by atoms with van der Waals surface area (Å²) in [4.78, 5) is 11.5. The molecule has 7 heteroatoms. The first-order valence-corrected chi connectivity index (χ1v) is 13.7. The minimum Gasteiger partial charge on any atom is -0.491 e. The summed E-state index contributed by atoms with van der Waals surface area (Å²) in [6.07, 6.45) is 4.98. The molecule has 2 aliphatic rings. The quantitative estimate of drug-likeness (QED) is 0.350. The zero-order chi connectivity index (χ0) is 23.8. The van der Waals surface area contributed by atoms with Gasteiger partial charge in [-0.3, -0.25) is 9.11 Å². The normalized spacial score (nSPS) is 17.7. The number of aromatic nitrogens is 2. The number of benzene rings is 2. The second-order valence-corrected chi connectivity index (χ2v) is 11.3. The minimum atomic E-state index is -0.932. The average Bonchev–Trinajstić information content (AvgIpc) is 3.68. The Morgan fingerprint density at radius 1 is 1.17 bits per heavy atom. The van der Waals surface area contributed by atoms with E-state index in [4.69, 9.17) is 9.47 Å². The lowest BCUT2D eigenvalue weighted by Crippen LogP contribution is -2.37. The molecule has 0 radical (unpaired) electrons. The molecule has 0 amide bonds. The van der Waals surface area contributed by atoms with Gasteiger partial charge in [-0.05, 0) is 73.2 Å². The van der Waals surface area contributed by atoms with E-state index in [-0.39, 0.29) is 0 Å². The summed E-state index contributed by atoms with van der Waals surface area (Å²) in [7, 11) is -0.932. The number of fused-ring (bicyclic) bond motifs is 3. The summed E-state index contributed by atoms with van der Waals surface area (Å²) in [5.74, 6) is 0.846. The van der Waals surface area contributed by atoms with Gasteiger partial charge in [0, 0.05) is 46.7 Å². The SMILES string of the molecule is Cc1cnc2[nH]c3c(OCCCN4CCOCC4)ccc(-c4cccc(S(=O)C5CC5)c4)c3c2c1. The van der Waals surface area contributed by atoms with Gasteiger partial charge in [-0.15, -0.1) is 0 Å². The van der Waals surface area contributed by atoms with Crippen molar-refractivity contribution in [3.63, 3.8) is 0 Å². The van der Waals surface area contributed by atoms with Gasteiger partial charge in [0.25, 0.3) is 0 Å². The first-order valence-electron chi connectivity index (χ1n) is 12.5. The van der Waals surface area contributed by atoms with E-state index in [0.29, 0.717) is 11.9 Å². The molecule has 1 saturated heterocycles. The van der Waals surface area contributed by atoms with Gasteiger partial charge in [-0.1, -0.05) is 12.1 Å². The minimum absolute atomic E-state index is 0.318. The van der Waals surface area contributed by atoms with Crippen molar-refractivity contribution >= 4 is 32.7 Å². The van der Waals surface area contributed by atoms with Crippen molar-refractivity contribution in [2.24, 2.45) is 0 Å². The number of nitrogens with zero attached hydrogens (tertiary/aromatic N) is 2. The summed E-state index contributed by atoms with van der Waals surface area (Å²) in [5, 5.41) is 2.51. The molecule has 2 fully saturated rings. The lowest BCUT2D eigenvalue weighted by molar-refractivity contribution is 0.0358. The number of pyridine rings is 1. The Hall–Kier alpha value is -2.74. The second kappa shape index (κ2) is 9.72. The Labute approximate surface area is 208 Å². The molecule has 35 heavy (non-hydrogen) atoms. The van der Waals surface area contributed by atoms with Crippen molar-refractivity contribution in [3.05, 3.63) is 54.2 Å². The molecular weight excluding hydrogens is 458 g/mol. The predicted octanol–water partition coefficient (Wildman–Crippen LogP) is 5.06. The fourth-order valence-corrected chi connectivity index (χ4v) is 6.29. The van der Waals surface area contributed by atoms with Crippen LogP contribution in [0.2, 0.25) is 0 Å². The standard InChI is InChI=1S/C28H31N3O3S/c1-19-16-24-26-23(20-4-2-5-22(17-20)35(32)21-6-7-21)8-9-25(27(26)30-28(24)29-18-19)34-13-3-10-31-11-14-33-15-12-31/h2,4-5,8-9,16-18,21H,3,6-7,10-15H2,1H3,(H,29,30). The zero-order valence-corrected chi connectivity index (χ0v) is 20.9. The number of ether oxygens (including phenoxy) is 2. The highest BCUT2D eigenvalue weighted by molar-refractivity contribution is 7.86. The molecule has 0 bridgehead atoms. The van der Waals surface area contributed by atoms with E-state index >= 15 is 0 Å². The summed E-state index contributed by atoms with van der Waals surface area (Å²) in [6.45, 7) is 7.37. The van der Waals surface area contributed by atoms with Crippen LogP contribution in [0.5, 0.6) is 5.75 Å².